The lowest BCUT2D eigenvalue weighted by Crippen LogP contribution is -2.47. The lowest BCUT2D eigenvalue weighted by Gasteiger charge is -2.31. The third-order valence-corrected chi connectivity index (χ3v) is 3.55. The summed E-state index contributed by atoms with van der Waals surface area (Å²) in [4.78, 5) is 24.4. The highest BCUT2D eigenvalue weighted by molar-refractivity contribution is 5.83. The number of carboxylic acid groups (broad SMARTS) is 1. The minimum absolute atomic E-state index is 0.203. The molecule has 0 aromatic rings. The van der Waals surface area contributed by atoms with Crippen molar-refractivity contribution in [2.24, 2.45) is 5.92 Å². The molecule has 0 bridgehead atoms. The van der Waals surface area contributed by atoms with Crippen molar-refractivity contribution in [3.05, 3.63) is 0 Å². The number of methoxy groups -OCH3 is 1. The summed E-state index contributed by atoms with van der Waals surface area (Å²) < 4.78 is 5.44. The lowest BCUT2D eigenvalue weighted by molar-refractivity contribution is -0.140. The zero-order chi connectivity index (χ0) is 13.7. The molecule has 1 fully saturated rings. The van der Waals surface area contributed by atoms with Gasteiger partial charge in [-0.15, -0.1) is 0 Å². The summed E-state index contributed by atoms with van der Waals surface area (Å²) in [5.41, 5.74) is 0. The molecule has 2 N–H and O–H groups in total. The predicted octanol–water partition coefficient (Wildman–Crippen LogP) is -0.0675. The molecule has 1 aliphatic rings. The van der Waals surface area contributed by atoms with Gasteiger partial charge >= 0.3 is 5.97 Å². The minimum atomic E-state index is -1.04. The van der Waals surface area contributed by atoms with Crippen LogP contribution in [-0.4, -0.2) is 61.3 Å². The molecule has 1 amide bonds. The van der Waals surface area contributed by atoms with Crippen molar-refractivity contribution in [1.29, 1.82) is 0 Å². The Morgan fingerprint density at radius 1 is 1.56 bits per heavy atom. The molecular formula is C12H22N2O4. The average molecular weight is 258 g/mol. The molecule has 0 saturated carbocycles. The second-order valence-corrected chi connectivity index (χ2v) is 4.79. The van der Waals surface area contributed by atoms with E-state index in [1.54, 1.807) is 14.0 Å². The van der Waals surface area contributed by atoms with E-state index in [-0.39, 0.29) is 30.5 Å². The van der Waals surface area contributed by atoms with E-state index < -0.39 is 5.97 Å². The zero-order valence-electron chi connectivity index (χ0n) is 11.2. The molecule has 104 valence electrons. The molecule has 0 radical (unpaired) electrons. The highest BCUT2D eigenvalue weighted by atomic mass is 16.5. The maximum absolute atomic E-state index is 11.8. The molecular weight excluding hydrogens is 236 g/mol. The number of hydrogen-bond donors (Lipinski definition) is 2. The fourth-order valence-corrected chi connectivity index (χ4v) is 2.52. The van der Waals surface area contributed by atoms with Crippen molar-refractivity contribution in [3.63, 3.8) is 0 Å². The molecule has 6 nitrogen and oxygen atoms in total. The molecule has 3 unspecified atom stereocenters. The quantitative estimate of drug-likeness (QED) is 0.697. The molecule has 1 heterocycles. The van der Waals surface area contributed by atoms with Gasteiger partial charge in [-0.05, 0) is 26.4 Å². The van der Waals surface area contributed by atoms with Gasteiger partial charge < -0.3 is 20.1 Å². The fourth-order valence-electron chi connectivity index (χ4n) is 2.52. The summed E-state index contributed by atoms with van der Waals surface area (Å²) in [7, 11) is 3.61. The van der Waals surface area contributed by atoms with Crippen molar-refractivity contribution in [2.45, 2.75) is 31.9 Å². The molecule has 1 rings (SSSR count). The number of likely N-dealkylation sites (tertiary alicyclic amines) is 1. The van der Waals surface area contributed by atoms with Crippen LogP contribution >= 0.6 is 0 Å². The molecule has 0 aromatic carbocycles. The third-order valence-electron chi connectivity index (χ3n) is 3.55. The van der Waals surface area contributed by atoms with Gasteiger partial charge in [0.05, 0.1) is 12.0 Å². The first kappa shape index (κ1) is 14.9. The van der Waals surface area contributed by atoms with E-state index in [0.29, 0.717) is 0 Å². The van der Waals surface area contributed by atoms with Crippen LogP contribution < -0.4 is 5.32 Å². The highest BCUT2D eigenvalue weighted by Gasteiger charge is 2.35. The topological polar surface area (TPSA) is 78.9 Å². The summed E-state index contributed by atoms with van der Waals surface area (Å²) in [6, 6.07) is 0.223. The monoisotopic (exact) mass is 258 g/mol. The number of carboxylic acids is 1. The number of hydrogen-bond acceptors (Lipinski definition) is 4. The van der Waals surface area contributed by atoms with E-state index in [4.69, 9.17) is 9.84 Å². The molecule has 0 spiro atoms. The van der Waals surface area contributed by atoms with Gasteiger partial charge in [0.25, 0.3) is 0 Å². The number of ether oxygens (including phenoxy) is 1. The summed E-state index contributed by atoms with van der Waals surface area (Å²) in [5, 5.41) is 10.9. The van der Waals surface area contributed by atoms with E-state index in [1.165, 1.54) is 0 Å². The van der Waals surface area contributed by atoms with Gasteiger partial charge in [-0.2, -0.15) is 0 Å². The summed E-state index contributed by atoms with van der Waals surface area (Å²) >= 11 is 0. The van der Waals surface area contributed by atoms with Crippen LogP contribution in [0.4, 0.5) is 0 Å². The van der Waals surface area contributed by atoms with Crippen LogP contribution in [-0.2, 0) is 14.3 Å². The average Bonchev–Trinajstić information content (AvgIpc) is 2.73. The molecule has 1 saturated heterocycles. The van der Waals surface area contributed by atoms with Crippen molar-refractivity contribution in [3.8, 4) is 0 Å². The van der Waals surface area contributed by atoms with Crippen molar-refractivity contribution in [2.75, 3.05) is 27.2 Å². The first-order valence-corrected chi connectivity index (χ1v) is 6.20. The molecule has 1 aliphatic heterocycles. The van der Waals surface area contributed by atoms with Crippen LogP contribution in [0.15, 0.2) is 0 Å². The van der Waals surface area contributed by atoms with E-state index in [0.717, 1.165) is 19.4 Å². The van der Waals surface area contributed by atoms with E-state index >= 15 is 0 Å². The van der Waals surface area contributed by atoms with Crippen LogP contribution in [0, 0.1) is 5.92 Å². The number of nitrogens with zero attached hydrogens (tertiary/aromatic N) is 1. The SMILES string of the molecule is COC(C(C)C(=O)NCC(=O)O)C1CCCN1C. The third kappa shape index (κ3) is 3.68. The number of aliphatic carboxylic acids is 1. The van der Waals surface area contributed by atoms with Crippen molar-refractivity contribution in [1.82, 2.24) is 10.2 Å². The second kappa shape index (κ2) is 6.70. The molecule has 0 aromatic heterocycles. The first-order valence-electron chi connectivity index (χ1n) is 6.20. The molecule has 3 atom stereocenters. The largest absolute Gasteiger partial charge is 0.480 e. The molecule has 6 heteroatoms. The minimum Gasteiger partial charge on any atom is -0.480 e. The molecule has 0 aliphatic carbocycles. The zero-order valence-corrected chi connectivity index (χ0v) is 11.2. The van der Waals surface area contributed by atoms with Gasteiger partial charge in [0.1, 0.15) is 6.54 Å². The summed E-state index contributed by atoms with van der Waals surface area (Å²) in [6.45, 7) is 2.44. The Morgan fingerprint density at radius 3 is 2.67 bits per heavy atom. The first-order chi connectivity index (χ1) is 8.47. The van der Waals surface area contributed by atoms with Gasteiger partial charge in [0, 0.05) is 13.2 Å². The van der Waals surface area contributed by atoms with E-state index in [2.05, 4.69) is 10.2 Å². The Kier molecular flexibility index (Phi) is 5.55. The van der Waals surface area contributed by atoms with Crippen molar-refractivity contribution >= 4 is 11.9 Å². The van der Waals surface area contributed by atoms with E-state index in [9.17, 15) is 9.59 Å². The Morgan fingerprint density at radius 2 is 2.22 bits per heavy atom. The van der Waals surface area contributed by atoms with Gasteiger partial charge in [-0.25, -0.2) is 0 Å². The number of amides is 1. The Balaban J connectivity index is 2.58. The smallest absolute Gasteiger partial charge is 0.322 e. The number of carbonyl (C=O) groups is 2. The standard InChI is InChI=1S/C12H22N2O4/c1-8(12(17)13-7-10(15)16)11(18-3)9-5-4-6-14(9)2/h8-9,11H,4-7H2,1-3H3,(H,13,17)(H,15,16). The van der Waals surface area contributed by atoms with Crippen LogP contribution in [0.5, 0.6) is 0 Å². The van der Waals surface area contributed by atoms with Gasteiger partial charge in [-0.1, -0.05) is 6.92 Å². The number of carbonyl (C=O) groups excluding carboxylic acids is 1. The summed E-state index contributed by atoms with van der Waals surface area (Å²) in [6.07, 6.45) is 1.90. The molecule has 18 heavy (non-hydrogen) atoms. The van der Waals surface area contributed by atoms with Gasteiger partial charge in [-0.3, -0.25) is 9.59 Å². The number of rotatable bonds is 6. The fraction of sp³-hybridized carbons (Fsp3) is 0.833. The van der Waals surface area contributed by atoms with Crippen LogP contribution in [0.25, 0.3) is 0 Å². The second-order valence-electron chi connectivity index (χ2n) is 4.79. The lowest BCUT2D eigenvalue weighted by atomic mass is 9.95. The van der Waals surface area contributed by atoms with Gasteiger partial charge in [0.15, 0.2) is 0 Å². The normalized spacial score (nSPS) is 23.6. The summed E-state index contributed by atoms with van der Waals surface area (Å²) in [5.74, 6) is -1.67. The van der Waals surface area contributed by atoms with Crippen LogP contribution in [0.1, 0.15) is 19.8 Å². The Labute approximate surface area is 107 Å². The predicted molar refractivity (Wildman–Crippen MR) is 66.3 cm³/mol. The van der Waals surface area contributed by atoms with E-state index in [1.807, 2.05) is 7.05 Å². The van der Waals surface area contributed by atoms with Crippen molar-refractivity contribution < 1.29 is 19.4 Å². The Bertz CT molecular complexity index is 308. The maximum atomic E-state index is 11.8. The maximum Gasteiger partial charge on any atom is 0.322 e. The van der Waals surface area contributed by atoms with Gasteiger partial charge in [0.2, 0.25) is 5.91 Å². The highest BCUT2D eigenvalue weighted by Crippen LogP contribution is 2.24. The van der Waals surface area contributed by atoms with Crippen LogP contribution in [0.3, 0.4) is 0 Å². The number of likely N-dealkylation sites (N-methyl/N-ethyl adjacent to an activating group) is 1. The number of nitrogens with one attached hydrogen (secondary N) is 1. The Hall–Kier alpha value is -1.14. The van der Waals surface area contributed by atoms with Crippen LogP contribution in [0.2, 0.25) is 0 Å².